The van der Waals surface area contributed by atoms with Crippen molar-refractivity contribution in [3.8, 4) is 0 Å². The van der Waals surface area contributed by atoms with E-state index in [1.807, 2.05) is 0 Å². The molecule has 1 aromatic heterocycles. The Kier molecular flexibility index (Phi) is 7.77. The average Bonchev–Trinajstić information content (AvgIpc) is 3.11. The van der Waals surface area contributed by atoms with Gasteiger partial charge in [0.05, 0.1) is 25.1 Å². The van der Waals surface area contributed by atoms with E-state index < -0.39 is 34.4 Å². The molecule has 3 rings (SSSR count). The molecule has 14 heteroatoms. The van der Waals surface area contributed by atoms with E-state index in [0.717, 1.165) is 16.6 Å². The van der Waals surface area contributed by atoms with E-state index in [9.17, 15) is 17.6 Å². The number of aryl methyl sites for hydroxylation is 1. The highest BCUT2D eigenvalue weighted by molar-refractivity contribution is 7.92. The van der Waals surface area contributed by atoms with Crippen LogP contribution in [-0.4, -0.2) is 83.5 Å². The van der Waals surface area contributed by atoms with Gasteiger partial charge in [-0.25, -0.2) is 17.5 Å². The van der Waals surface area contributed by atoms with E-state index in [2.05, 4.69) is 15.5 Å². The van der Waals surface area contributed by atoms with Gasteiger partial charge in [0.1, 0.15) is 18.5 Å². The lowest BCUT2D eigenvalue weighted by Gasteiger charge is -2.33. The molecule has 0 bridgehead atoms. The minimum Gasteiger partial charge on any atom is -0.483 e. The summed E-state index contributed by atoms with van der Waals surface area (Å²) in [5.41, 5.74) is 0.0909. The fourth-order valence-corrected chi connectivity index (χ4v) is 3.64. The van der Waals surface area contributed by atoms with E-state index >= 15 is 0 Å². The Morgan fingerprint density at radius 1 is 1.47 bits per heavy atom. The van der Waals surface area contributed by atoms with Gasteiger partial charge in [0, 0.05) is 13.6 Å². The van der Waals surface area contributed by atoms with Gasteiger partial charge in [0.15, 0.2) is 5.82 Å². The number of hydrogen-bond donors (Lipinski definition) is 1. The van der Waals surface area contributed by atoms with Crippen molar-refractivity contribution >= 4 is 28.1 Å². The lowest BCUT2D eigenvalue weighted by molar-refractivity contribution is -0.137. The van der Waals surface area contributed by atoms with Crippen molar-refractivity contribution in [3.05, 3.63) is 35.9 Å². The van der Waals surface area contributed by atoms with Crippen LogP contribution in [0.4, 0.5) is 10.1 Å². The molecule has 0 saturated carbocycles. The van der Waals surface area contributed by atoms with Crippen molar-refractivity contribution in [1.29, 1.82) is 0 Å². The number of aromatic nitrogens is 4. The summed E-state index contributed by atoms with van der Waals surface area (Å²) in [4.78, 5) is 22.6. The summed E-state index contributed by atoms with van der Waals surface area (Å²) >= 11 is 0. The van der Waals surface area contributed by atoms with Crippen molar-refractivity contribution in [3.63, 3.8) is 0 Å². The largest absolute Gasteiger partial charge is 0.483 e. The first-order valence-electron chi connectivity index (χ1n) is 8.60. The van der Waals surface area contributed by atoms with Crippen molar-refractivity contribution in [2.45, 2.75) is 6.10 Å². The van der Waals surface area contributed by atoms with Crippen LogP contribution >= 0.6 is 0 Å². The Bertz CT molecular complexity index is 984. The zero-order chi connectivity index (χ0) is 22.3. The number of carboxylic acid groups (broad SMARTS) is 1. The van der Waals surface area contributed by atoms with Crippen LogP contribution < -0.4 is 4.31 Å². The molecule has 1 aromatic carbocycles. The molecule has 164 valence electrons. The van der Waals surface area contributed by atoms with E-state index in [0.29, 0.717) is 12.4 Å². The van der Waals surface area contributed by atoms with Crippen molar-refractivity contribution in [1.82, 2.24) is 25.1 Å². The number of ether oxygens (including phenoxy) is 1. The predicted molar refractivity (Wildman–Crippen MR) is 101 cm³/mol. The predicted octanol–water partition coefficient (Wildman–Crippen LogP) is -0.584. The molecule has 1 fully saturated rings. The number of carbonyl (C=O) groups excluding carboxylic acids is 1. The molecule has 1 unspecified atom stereocenters. The van der Waals surface area contributed by atoms with E-state index in [4.69, 9.17) is 14.6 Å². The first-order valence-corrected chi connectivity index (χ1v) is 10.4. The molecule has 0 radical (unpaired) electrons. The fourth-order valence-electron chi connectivity index (χ4n) is 2.80. The third kappa shape index (κ3) is 5.93. The normalized spacial score (nSPS) is 16.4. The Balaban J connectivity index is 0.00000101. The number of benzene rings is 1. The summed E-state index contributed by atoms with van der Waals surface area (Å²) in [6.45, 7) is 0.0728. The lowest BCUT2D eigenvalue weighted by Crippen LogP contribution is -2.48. The lowest BCUT2D eigenvalue weighted by atomic mass is 10.2. The SMILES string of the molecule is Cn1nnnc1C1CN(C(=O)CN(c2cccc(F)c2)S(C)(=O)=O)CCO1.O=CO. The van der Waals surface area contributed by atoms with Crippen LogP contribution in [0.25, 0.3) is 0 Å². The highest BCUT2D eigenvalue weighted by Gasteiger charge is 2.31. The quantitative estimate of drug-likeness (QED) is 0.598. The maximum atomic E-state index is 13.5. The number of morpholine rings is 1. The average molecular weight is 444 g/mol. The first-order chi connectivity index (χ1) is 14.2. The summed E-state index contributed by atoms with van der Waals surface area (Å²) in [6, 6.07) is 5.10. The third-order valence-electron chi connectivity index (χ3n) is 4.14. The molecular formula is C16H21FN6O6S. The molecule has 2 aromatic rings. The van der Waals surface area contributed by atoms with Gasteiger partial charge in [0.25, 0.3) is 6.47 Å². The Morgan fingerprint density at radius 3 is 2.73 bits per heavy atom. The Hall–Kier alpha value is -3.13. The molecule has 2 heterocycles. The Labute approximate surface area is 171 Å². The standard InChI is InChI=1S/C15H19FN6O4S.CH2O2/c1-20-15(17-18-19-20)13-9-21(6-7-26-13)14(23)10-22(27(2,24)25)12-5-3-4-11(16)8-12;2-1-3/h3-5,8,13H,6-7,9-10H2,1-2H3;1H,(H,2,3). The van der Waals surface area contributed by atoms with Crippen LogP contribution in [0.2, 0.25) is 0 Å². The number of nitrogens with zero attached hydrogens (tertiary/aromatic N) is 6. The summed E-state index contributed by atoms with van der Waals surface area (Å²) in [6.07, 6.45) is 0.460. The molecule has 1 atom stereocenters. The molecule has 1 saturated heterocycles. The van der Waals surface area contributed by atoms with Crippen LogP contribution in [0.5, 0.6) is 0 Å². The van der Waals surface area contributed by atoms with Gasteiger partial charge < -0.3 is 14.7 Å². The first kappa shape index (κ1) is 23.2. The van der Waals surface area contributed by atoms with Gasteiger partial charge in [-0.2, -0.15) is 0 Å². The van der Waals surface area contributed by atoms with Gasteiger partial charge in [0.2, 0.25) is 15.9 Å². The van der Waals surface area contributed by atoms with Gasteiger partial charge >= 0.3 is 0 Å². The van der Waals surface area contributed by atoms with E-state index in [1.54, 1.807) is 7.05 Å². The van der Waals surface area contributed by atoms with Crippen LogP contribution in [-0.2, 0) is 31.4 Å². The van der Waals surface area contributed by atoms with Crippen molar-refractivity contribution in [2.75, 3.05) is 36.8 Å². The second-order valence-electron chi connectivity index (χ2n) is 6.21. The Morgan fingerprint density at radius 2 is 2.17 bits per heavy atom. The highest BCUT2D eigenvalue weighted by Crippen LogP contribution is 2.22. The number of anilines is 1. The number of sulfonamides is 1. The molecule has 1 N–H and O–H groups in total. The molecule has 1 aliphatic rings. The molecule has 1 amide bonds. The van der Waals surface area contributed by atoms with Crippen LogP contribution in [0.15, 0.2) is 24.3 Å². The minimum absolute atomic E-state index is 0.0909. The van der Waals surface area contributed by atoms with E-state index in [1.165, 1.54) is 27.8 Å². The van der Waals surface area contributed by atoms with Gasteiger partial charge in [-0.1, -0.05) is 6.07 Å². The van der Waals surface area contributed by atoms with Crippen molar-refractivity contribution < 1.29 is 32.2 Å². The number of rotatable bonds is 5. The van der Waals surface area contributed by atoms with Crippen molar-refractivity contribution in [2.24, 2.45) is 7.05 Å². The summed E-state index contributed by atoms with van der Waals surface area (Å²) < 4.78 is 45.7. The zero-order valence-electron chi connectivity index (χ0n) is 16.3. The fraction of sp³-hybridized carbons (Fsp3) is 0.438. The van der Waals surface area contributed by atoms with Crippen LogP contribution in [0, 0.1) is 5.82 Å². The summed E-state index contributed by atoms with van der Waals surface area (Å²) in [7, 11) is -2.12. The summed E-state index contributed by atoms with van der Waals surface area (Å²) in [5.74, 6) is -0.541. The van der Waals surface area contributed by atoms with E-state index in [-0.39, 0.29) is 25.3 Å². The molecule has 1 aliphatic heterocycles. The second kappa shape index (κ2) is 10.1. The van der Waals surface area contributed by atoms with Gasteiger partial charge in [-0.3, -0.25) is 13.9 Å². The third-order valence-corrected chi connectivity index (χ3v) is 5.28. The molecule has 0 spiro atoms. The van der Waals surface area contributed by atoms with Crippen LogP contribution in [0.3, 0.4) is 0 Å². The van der Waals surface area contributed by atoms with Gasteiger partial charge in [-0.05, 0) is 28.6 Å². The number of hydrogen-bond acceptors (Lipinski definition) is 8. The summed E-state index contributed by atoms with van der Waals surface area (Å²) in [5, 5.41) is 18.1. The molecule has 12 nitrogen and oxygen atoms in total. The minimum atomic E-state index is -3.78. The number of amides is 1. The monoisotopic (exact) mass is 444 g/mol. The highest BCUT2D eigenvalue weighted by atomic mass is 32.2. The number of carbonyl (C=O) groups is 2. The smallest absolute Gasteiger partial charge is 0.290 e. The maximum absolute atomic E-state index is 13.5. The number of tetrazole rings is 1. The molecular weight excluding hydrogens is 423 g/mol. The second-order valence-corrected chi connectivity index (χ2v) is 8.12. The number of halogens is 1. The topological polar surface area (TPSA) is 148 Å². The molecule has 0 aliphatic carbocycles. The van der Waals surface area contributed by atoms with Crippen LogP contribution in [0.1, 0.15) is 11.9 Å². The maximum Gasteiger partial charge on any atom is 0.290 e. The zero-order valence-corrected chi connectivity index (χ0v) is 17.1. The van der Waals surface area contributed by atoms with Gasteiger partial charge in [-0.15, -0.1) is 5.10 Å². The molecule has 30 heavy (non-hydrogen) atoms.